The van der Waals surface area contributed by atoms with Gasteiger partial charge in [0.25, 0.3) is 6.47 Å². The molecular formula is C26H36ClN3O5. The molecule has 35 heavy (non-hydrogen) atoms. The Morgan fingerprint density at radius 2 is 1.74 bits per heavy atom. The fraction of sp³-hybridized carbons (Fsp3) is 0.308. The highest BCUT2D eigenvalue weighted by Gasteiger charge is 2.09. The van der Waals surface area contributed by atoms with Crippen LogP contribution in [0.2, 0.25) is 5.02 Å². The van der Waals surface area contributed by atoms with E-state index in [1.54, 1.807) is 36.6 Å². The first-order chi connectivity index (χ1) is 16.9. The number of nitrogens with one attached hydrogen (secondary N) is 1. The van der Waals surface area contributed by atoms with Gasteiger partial charge in [0.1, 0.15) is 19.5 Å². The molecule has 8 nitrogen and oxygen atoms in total. The number of oxime groups is 2. The van der Waals surface area contributed by atoms with Gasteiger partial charge < -0.3 is 24.9 Å². The van der Waals surface area contributed by atoms with Crippen molar-refractivity contribution in [3.05, 3.63) is 75.8 Å². The van der Waals surface area contributed by atoms with Crippen LogP contribution >= 0.6 is 11.6 Å². The summed E-state index contributed by atoms with van der Waals surface area (Å²) in [5.41, 5.74) is 4.54. The van der Waals surface area contributed by atoms with Gasteiger partial charge in [-0.1, -0.05) is 54.0 Å². The first kappa shape index (κ1) is 33.5. The van der Waals surface area contributed by atoms with Gasteiger partial charge in [-0.15, -0.1) is 0 Å². The van der Waals surface area contributed by atoms with E-state index in [1.165, 1.54) is 14.2 Å². The highest BCUT2D eigenvalue weighted by Crippen LogP contribution is 2.17. The number of hydrogen-bond acceptors (Lipinski definition) is 8. The minimum atomic E-state index is 0.172. The van der Waals surface area contributed by atoms with Gasteiger partial charge in [0.2, 0.25) is 0 Å². The second-order valence-electron chi connectivity index (χ2n) is 6.19. The third-order valence-corrected chi connectivity index (χ3v) is 4.29. The molecule has 192 valence electrons. The van der Waals surface area contributed by atoms with Crippen molar-refractivity contribution in [2.75, 3.05) is 14.2 Å². The molecule has 2 N–H and O–H groups in total. The minimum absolute atomic E-state index is 0.172. The number of halogens is 1. The molecule has 0 fully saturated rings. The van der Waals surface area contributed by atoms with Crippen LogP contribution < -0.4 is 0 Å². The maximum atomic E-state index is 10.0. The number of ether oxygens (including phenoxy) is 1. The molecule has 0 aromatic heterocycles. The van der Waals surface area contributed by atoms with E-state index in [0.29, 0.717) is 30.1 Å². The molecule has 0 saturated carbocycles. The lowest BCUT2D eigenvalue weighted by Crippen LogP contribution is -2.04. The van der Waals surface area contributed by atoms with Gasteiger partial charge in [-0.05, 0) is 56.5 Å². The molecule has 0 amide bonds. The largest absolute Gasteiger partial charge is 0.508 e. The first-order valence-electron chi connectivity index (χ1n) is 10.7. The summed E-state index contributed by atoms with van der Waals surface area (Å²) in [6, 6.07) is 12.9. The van der Waals surface area contributed by atoms with Gasteiger partial charge in [-0.25, -0.2) is 0 Å². The average molecular weight is 506 g/mol. The highest BCUT2D eigenvalue weighted by molar-refractivity contribution is 6.30. The lowest BCUT2D eigenvalue weighted by Gasteiger charge is -2.11. The molecule has 2 aromatic carbocycles. The molecule has 0 radical (unpaired) electrons. The number of hydrogen-bond donors (Lipinski definition) is 2. The van der Waals surface area contributed by atoms with Gasteiger partial charge in [0, 0.05) is 34.3 Å². The predicted octanol–water partition coefficient (Wildman–Crippen LogP) is 6.59. The molecule has 0 bridgehead atoms. The van der Waals surface area contributed by atoms with Gasteiger partial charge >= 0.3 is 0 Å². The Balaban J connectivity index is 0. The van der Waals surface area contributed by atoms with Crippen LogP contribution in [-0.2, 0) is 25.8 Å². The Bertz CT molecular complexity index is 929. The third kappa shape index (κ3) is 14.3. The van der Waals surface area contributed by atoms with Crippen LogP contribution in [0.5, 0.6) is 0 Å². The van der Waals surface area contributed by atoms with Crippen molar-refractivity contribution in [1.82, 2.24) is 0 Å². The molecule has 0 saturated heterocycles. The Hall–Kier alpha value is -3.65. The van der Waals surface area contributed by atoms with Crippen LogP contribution in [0.15, 0.2) is 58.9 Å². The number of carbonyl (C=O) groups excluding carboxylic acids is 1. The van der Waals surface area contributed by atoms with Gasteiger partial charge in [-0.2, -0.15) is 0 Å². The number of allylic oxidation sites excluding steroid dienone is 1. The summed E-state index contributed by atoms with van der Waals surface area (Å²) in [6.45, 7) is 11.1. The molecule has 2 aromatic rings. The monoisotopic (exact) mass is 505 g/mol. The number of aliphatic hydroxyl groups excluding tert-OH is 1. The van der Waals surface area contributed by atoms with E-state index >= 15 is 0 Å². The van der Waals surface area contributed by atoms with E-state index in [2.05, 4.69) is 21.8 Å². The van der Waals surface area contributed by atoms with Crippen molar-refractivity contribution in [3.63, 3.8) is 0 Å². The Kier molecular flexibility index (Phi) is 21.2. The summed E-state index contributed by atoms with van der Waals surface area (Å²) in [5.74, 6) is 0.172. The second-order valence-corrected chi connectivity index (χ2v) is 6.62. The summed E-state index contributed by atoms with van der Waals surface area (Å²) < 4.78 is 3.86. The topological polar surface area (TPSA) is 114 Å². The lowest BCUT2D eigenvalue weighted by molar-refractivity contribution is -0.126. The van der Waals surface area contributed by atoms with E-state index in [9.17, 15) is 5.11 Å². The molecule has 0 spiro atoms. The lowest BCUT2D eigenvalue weighted by atomic mass is 10.00. The minimum Gasteiger partial charge on any atom is -0.508 e. The fourth-order valence-electron chi connectivity index (χ4n) is 2.52. The van der Waals surface area contributed by atoms with Crippen molar-refractivity contribution >= 4 is 42.5 Å². The summed E-state index contributed by atoms with van der Waals surface area (Å²) in [5, 5.41) is 24.1. The molecule has 0 heterocycles. The van der Waals surface area contributed by atoms with E-state index in [1.807, 2.05) is 45.9 Å². The maximum absolute atomic E-state index is 10.0. The van der Waals surface area contributed by atoms with Crippen LogP contribution in [-0.4, -0.2) is 44.4 Å². The van der Waals surface area contributed by atoms with Crippen LogP contribution in [0, 0.1) is 12.3 Å². The van der Waals surface area contributed by atoms with E-state index < -0.39 is 0 Å². The van der Waals surface area contributed by atoms with Crippen molar-refractivity contribution < 1.29 is 24.3 Å². The van der Waals surface area contributed by atoms with Crippen LogP contribution in [0.1, 0.15) is 49.4 Å². The average Bonchev–Trinajstić information content (AvgIpc) is 2.89. The van der Waals surface area contributed by atoms with Gasteiger partial charge in [0.05, 0.1) is 12.8 Å². The second kappa shape index (κ2) is 22.2. The van der Waals surface area contributed by atoms with Crippen LogP contribution in [0.25, 0.3) is 5.76 Å². The van der Waals surface area contributed by atoms with Crippen molar-refractivity contribution in [2.45, 2.75) is 40.7 Å². The predicted molar refractivity (Wildman–Crippen MR) is 145 cm³/mol. The van der Waals surface area contributed by atoms with Gasteiger partial charge in [-0.3, -0.25) is 4.79 Å². The number of nitrogens with zero attached hydrogens (tertiary/aromatic N) is 2. The van der Waals surface area contributed by atoms with Crippen LogP contribution in [0.4, 0.5) is 0 Å². The molecule has 0 unspecified atom stereocenters. The molecule has 9 heteroatoms. The van der Waals surface area contributed by atoms with Crippen molar-refractivity contribution in [2.24, 2.45) is 10.3 Å². The van der Waals surface area contributed by atoms with E-state index in [0.717, 1.165) is 22.4 Å². The number of benzene rings is 2. The molecule has 0 aliphatic rings. The quantitative estimate of drug-likeness (QED) is 0.173. The molecule has 0 aliphatic heterocycles. The SMILES string of the molecule is C=N.CC.CO/N=C(/C)c1cccc(C)c1CO/N=C/C/C=C(\O)c1ccc(Cl)cc1.COC=O. The van der Waals surface area contributed by atoms with Crippen molar-refractivity contribution in [3.8, 4) is 0 Å². The zero-order valence-corrected chi connectivity index (χ0v) is 22.0. The Morgan fingerprint density at radius 3 is 2.29 bits per heavy atom. The smallest absolute Gasteiger partial charge is 0.292 e. The Labute approximate surface area is 213 Å². The summed E-state index contributed by atoms with van der Waals surface area (Å²) in [6.07, 6.45) is 3.70. The highest BCUT2D eigenvalue weighted by atomic mass is 35.5. The summed E-state index contributed by atoms with van der Waals surface area (Å²) in [7, 11) is 2.83. The molecular weight excluding hydrogens is 470 g/mol. The van der Waals surface area contributed by atoms with E-state index in [-0.39, 0.29) is 5.76 Å². The molecule has 2 rings (SSSR count). The number of aryl methyl sites for hydroxylation is 1. The third-order valence-electron chi connectivity index (χ3n) is 4.04. The number of aliphatic hydroxyl groups is 1. The first-order valence-corrected chi connectivity index (χ1v) is 11.1. The normalized spacial score (nSPS) is 10.5. The Morgan fingerprint density at radius 1 is 1.14 bits per heavy atom. The maximum Gasteiger partial charge on any atom is 0.292 e. The van der Waals surface area contributed by atoms with Gasteiger partial charge in [0.15, 0.2) is 0 Å². The number of rotatable bonds is 9. The van der Waals surface area contributed by atoms with E-state index in [4.69, 9.17) is 31.5 Å². The molecule has 0 aliphatic carbocycles. The zero-order chi connectivity index (χ0) is 27.1. The zero-order valence-electron chi connectivity index (χ0n) is 21.2. The van der Waals surface area contributed by atoms with Crippen molar-refractivity contribution in [1.29, 1.82) is 5.41 Å². The molecule has 0 atom stereocenters. The number of methoxy groups -OCH3 is 1. The fourth-order valence-corrected chi connectivity index (χ4v) is 2.65. The number of carbonyl (C=O) groups is 1. The standard InChI is InChI=1S/C21H23ClN2O3.C2H4O2.C2H6.CH3N/c1-15-6-4-7-19(16(2)24-26-3)20(15)14-27-23-13-5-8-21(25)17-9-11-18(22)12-10-17;1-4-2-3;2*1-2/h4,6-13,25H,5,14H2,1-3H3;2H,1H3;1-2H3;2H,1H2/b21-8-,23-13+,24-16-;;;. The summed E-state index contributed by atoms with van der Waals surface area (Å²) >= 11 is 5.83. The van der Waals surface area contributed by atoms with Crippen LogP contribution in [0.3, 0.4) is 0 Å². The summed E-state index contributed by atoms with van der Waals surface area (Å²) in [4.78, 5) is 19.2.